The minimum atomic E-state index is -4.45. The summed E-state index contributed by atoms with van der Waals surface area (Å²) in [6.07, 6.45) is -6.31. The summed E-state index contributed by atoms with van der Waals surface area (Å²) in [6.45, 7) is 1.64. The van der Waals surface area contributed by atoms with Crippen molar-refractivity contribution in [1.29, 1.82) is 0 Å². The third-order valence-electron chi connectivity index (χ3n) is 3.45. The number of nitrogens with zero attached hydrogens (tertiary/aromatic N) is 1. The Morgan fingerprint density at radius 2 is 2.14 bits per heavy atom. The Bertz CT molecular complexity index is 519. The molecule has 4 nitrogen and oxygen atoms in total. The highest BCUT2D eigenvalue weighted by molar-refractivity contribution is 5.76. The number of benzene rings is 1. The monoisotopic (exact) mass is 317 g/mol. The normalized spacial score (nSPS) is 19.1. The van der Waals surface area contributed by atoms with Crippen LogP contribution in [0, 0.1) is 6.92 Å². The summed E-state index contributed by atoms with van der Waals surface area (Å²) in [6, 6.07) is 7.36. The van der Waals surface area contributed by atoms with Gasteiger partial charge in [0.25, 0.3) is 0 Å². The number of halogens is 3. The van der Waals surface area contributed by atoms with Crippen molar-refractivity contribution in [2.45, 2.75) is 25.6 Å². The highest BCUT2D eigenvalue weighted by Gasteiger charge is 2.44. The first kappa shape index (κ1) is 16.6. The van der Waals surface area contributed by atoms with E-state index in [0.717, 1.165) is 5.56 Å². The summed E-state index contributed by atoms with van der Waals surface area (Å²) >= 11 is 0. The van der Waals surface area contributed by atoms with E-state index in [-0.39, 0.29) is 32.1 Å². The highest BCUT2D eigenvalue weighted by Crippen LogP contribution is 2.26. The Hall–Kier alpha value is -1.76. The van der Waals surface area contributed by atoms with Gasteiger partial charge in [0.15, 0.2) is 6.10 Å². The molecule has 0 N–H and O–H groups in total. The van der Waals surface area contributed by atoms with Crippen LogP contribution in [0.15, 0.2) is 24.3 Å². The van der Waals surface area contributed by atoms with Crippen molar-refractivity contribution in [2.24, 2.45) is 0 Å². The van der Waals surface area contributed by atoms with Crippen molar-refractivity contribution in [1.82, 2.24) is 4.90 Å². The van der Waals surface area contributed by atoms with Crippen LogP contribution in [0.4, 0.5) is 13.2 Å². The number of alkyl halides is 3. The maximum atomic E-state index is 12.6. The summed E-state index contributed by atoms with van der Waals surface area (Å²) in [5.41, 5.74) is 0.943. The van der Waals surface area contributed by atoms with Crippen LogP contribution in [-0.4, -0.2) is 49.4 Å². The largest absolute Gasteiger partial charge is 0.493 e. The van der Waals surface area contributed by atoms with E-state index in [4.69, 9.17) is 4.74 Å². The lowest BCUT2D eigenvalue weighted by Crippen LogP contribution is -2.51. The van der Waals surface area contributed by atoms with Gasteiger partial charge in [0, 0.05) is 6.54 Å². The number of hydrogen-bond donors (Lipinski definition) is 0. The molecule has 122 valence electrons. The highest BCUT2D eigenvalue weighted by atomic mass is 19.4. The fourth-order valence-corrected chi connectivity index (χ4v) is 2.20. The quantitative estimate of drug-likeness (QED) is 0.857. The zero-order valence-electron chi connectivity index (χ0n) is 12.2. The lowest BCUT2D eigenvalue weighted by Gasteiger charge is -2.33. The average Bonchev–Trinajstić information content (AvgIpc) is 2.48. The van der Waals surface area contributed by atoms with Gasteiger partial charge < -0.3 is 14.4 Å². The molecule has 7 heteroatoms. The first-order valence-electron chi connectivity index (χ1n) is 7.02. The third kappa shape index (κ3) is 4.37. The second-order valence-corrected chi connectivity index (χ2v) is 5.10. The summed E-state index contributed by atoms with van der Waals surface area (Å²) < 4.78 is 48.0. The van der Waals surface area contributed by atoms with E-state index in [9.17, 15) is 18.0 Å². The van der Waals surface area contributed by atoms with Crippen LogP contribution in [0.3, 0.4) is 0 Å². The number of morpholine rings is 1. The number of aryl methyl sites for hydroxylation is 1. The Balaban J connectivity index is 1.81. The fraction of sp³-hybridized carbons (Fsp3) is 0.533. The lowest BCUT2D eigenvalue weighted by atomic mass is 10.2. The molecule has 1 saturated heterocycles. The number of para-hydroxylation sites is 1. The third-order valence-corrected chi connectivity index (χ3v) is 3.45. The molecule has 0 bridgehead atoms. The number of amides is 1. The van der Waals surface area contributed by atoms with Crippen LogP contribution in [0.5, 0.6) is 5.75 Å². The first-order chi connectivity index (χ1) is 10.4. The molecule has 1 heterocycles. The molecule has 0 spiro atoms. The average molecular weight is 317 g/mol. The maximum absolute atomic E-state index is 12.6. The molecule has 1 amide bonds. The van der Waals surface area contributed by atoms with Crippen molar-refractivity contribution in [3.05, 3.63) is 29.8 Å². The SMILES string of the molecule is Cc1ccccc1OCCC(=O)N1CCOC(C(F)(F)F)C1. The topological polar surface area (TPSA) is 38.8 Å². The molecule has 1 atom stereocenters. The van der Waals surface area contributed by atoms with Crippen molar-refractivity contribution < 1.29 is 27.4 Å². The molecule has 0 radical (unpaired) electrons. The van der Waals surface area contributed by atoms with Gasteiger partial charge in [-0.1, -0.05) is 18.2 Å². The van der Waals surface area contributed by atoms with E-state index in [1.54, 1.807) is 6.07 Å². The Morgan fingerprint density at radius 3 is 2.82 bits per heavy atom. The van der Waals surface area contributed by atoms with E-state index in [1.165, 1.54) is 4.90 Å². The number of carbonyl (C=O) groups is 1. The van der Waals surface area contributed by atoms with Crippen LogP contribution < -0.4 is 4.74 Å². The Kier molecular flexibility index (Phi) is 5.28. The van der Waals surface area contributed by atoms with Gasteiger partial charge in [-0.2, -0.15) is 13.2 Å². The molecule has 0 saturated carbocycles. The molecule has 1 aromatic rings. The van der Waals surface area contributed by atoms with Crippen molar-refractivity contribution >= 4 is 5.91 Å². The second-order valence-electron chi connectivity index (χ2n) is 5.10. The molecule has 22 heavy (non-hydrogen) atoms. The summed E-state index contributed by atoms with van der Waals surface area (Å²) in [4.78, 5) is 13.2. The van der Waals surface area contributed by atoms with E-state index < -0.39 is 18.8 Å². The number of hydrogen-bond acceptors (Lipinski definition) is 3. The molecule has 2 rings (SSSR count). The molecule has 0 aliphatic carbocycles. The zero-order chi connectivity index (χ0) is 16.2. The summed E-state index contributed by atoms with van der Waals surface area (Å²) in [7, 11) is 0. The van der Waals surface area contributed by atoms with Gasteiger partial charge in [-0.05, 0) is 18.6 Å². The smallest absolute Gasteiger partial charge is 0.416 e. The Morgan fingerprint density at radius 1 is 1.41 bits per heavy atom. The zero-order valence-corrected chi connectivity index (χ0v) is 12.2. The van der Waals surface area contributed by atoms with Gasteiger partial charge in [0.05, 0.1) is 26.2 Å². The molecule has 1 unspecified atom stereocenters. The van der Waals surface area contributed by atoms with Gasteiger partial charge in [0.1, 0.15) is 5.75 Å². The fourth-order valence-electron chi connectivity index (χ4n) is 2.20. The van der Waals surface area contributed by atoms with E-state index >= 15 is 0 Å². The van der Waals surface area contributed by atoms with Gasteiger partial charge in [0.2, 0.25) is 5.91 Å². The van der Waals surface area contributed by atoms with Gasteiger partial charge >= 0.3 is 6.18 Å². The van der Waals surface area contributed by atoms with Gasteiger partial charge in [-0.15, -0.1) is 0 Å². The van der Waals surface area contributed by atoms with Gasteiger partial charge in [-0.25, -0.2) is 0 Å². The van der Waals surface area contributed by atoms with E-state index in [1.807, 2.05) is 25.1 Å². The lowest BCUT2D eigenvalue weighted by molar-refractivity contribution is -0.236. The maximum Gasteiger partial charge on any atom is 0.416 e. The second kappa shape index (κ2) is 7.00. The predicted octanol–water partition coefficient (Wildman–Crippen LogP) is 2.55. The van der Waals surface area contributed by atoms with E-state index in [0.29, 0.717) is 5.75 Å². The minimum Gasteiger partial charge on any atom is -0.493 e. The predicted molar refractivity (Wildman–Crippen MR) is 73.7 cm³/mol. The van der Waals surface area contributed by atoms with Crippen LogP contribution in [0.1, 0.15) is 12.0 Å². The molecular weight excluding hydrogens is 299 g/mol. The molecule has 0 aromatic heterocycles. The Labute approximate surface area is 126 Å². The van der Waals surface area contributed by atoms with E-state index in [2.05, 4.69) is 4.74 Å². The van der Waals surface area contributed by atoms with Crippen LogP contribution in [-0.2, 0) is 9.53 Å². The van der Waals surface area contributed by atoms with Crippen molar-refractivity contribution in [3.63, 3.8) is 0 Å². The number of rotatable bonds is 4. The summed E-state index contributed by atoms with van der Waals surface area (Å²) in [5.74, 6) is 0.316. The van der Waals surface area contributed by atoms with Crippen molar-refractivity contribution in [2.75, 3.05) is 26.3 Å². The first-order valence-corrected chi connectivity index (χ1v) is 7.02. The molecule has 1 aromatic carbocycles. The number of ether oxygens (including phenoxy) is 2. The number of carbonyl (C=O) groups excluding carboxylic acids is 1. The standard InChI is InChI=1S/C15H18F3NO3/c1-11-4-2-3-5-12(11)21-8-6-14(20)19-7-9-22-13(10-19)15(16,17)18/h2-5,13H,6-10H2,1H3. The van der Waals surface area contributed by atoms with Crippen LogP contribution in [0.2, 0.25) is 0 Å². The molecule has 1 fully saturated rings. The summed E-state index contributed by atoms with van der Waals surface area (Å²) in [5, 5.41) is 0. The van der Waals surface area contributed by atoms with Crippen molar-refractivity contribution in [3.8, 4) is 5.75 Å². The van der Waals surface area contributed by atoms with Crippen LogP contribution >= 0.6 is 0 Å². The molecule has 1 aliphatic heterocycles. The molecule has 1 aliphatic rings. The van der Waals surface area contributed by atoms with Gasteiger partial charge in [-0.3, -0.25) is 4.79 Å². The molecular formula is C15H18F3NO3. The van der Waals surface area contributed by atoms with Crippen LogP contribution in [0.25, 0.3) is 0 Å². The minimum absolute atomic E-state index is 0.0406.